The smallest absolute Gasteiger partial charge is 0.326 e. The zero-order chi connectivity index (χ0) is 12.0. The molecule has 1 aromatic rings. The van der Waals surface area contributed by atoms with E-state index in [0.717, 1.165) is 12.8 Å². The number of aromatic nitrogens is 2. The van der Waals surface area contributed by atoms with Gasteiger partial charge in [-0.3, -0.25) is 4.79 Å². The van der Waals surface area contributed by atoms with E-state index in [4.69, 9.17) is 5.11 Å². The third kappa shape index (κ3) is 3.38. The number of carbonyl (C=O) groups is 1. The number of nitrogens with zero attached hydrogens (tertiary/aromatic N) is 1. The Morgan fingerprint density at radius 1 is 1.69 bits per heavy atom. The lowest BCUT2D eigenvalue weighted by atomic mass is 10.1. The molecule has 0 saturated carbocycles. The van der Waals surface area contributed by atoms with E-state index >= 15 is 0 Å². The van der Waals surface area contributed by atoms with Gasteiger partial charge in [0.2, 0.25) is 0 Å². The fraction of sp³-hybridized carbons (Fsp3) is 0.500. The molecule has 1 aromatic heterocycles. The number of H-pyrrole nitrogens is 1. The first-order valence-electron chi connectivity index (χ1n) is 5.18. The van der Waals surface area contributed by atoms with Gasteiger partial charge in [0.05, 0.1) is 0 Å². The number of unbranched alkanes of at least 4 members (excludes halogenated alkanes) is 1. The van der Waals surface area contributed by atoms with Gasteiger partial charge in [0.25, 0.3) is 5.56 Å². The highest BCUT2D eigenvalue weighted by molar-refractivity contribution is 5.76. The summed E-state index contributed by atoms with van der Waals surface area (Å²) in [4.78, 5) is 28.4. The fourth-order valence-corrected chi connectivity index (χ4v) is 1.29. The molecule has 0 spiro atoms. The maximum Gasteiger partial charge on any atom is 0.326 e. The van der Waals surface area contributed by atoms with E-state index in [1.807, 2.05) is 6.92 Å². The number of anilines is 1. The van der Waals surface area contributed by atoms with Crippen molar-refractivity contribution in [2.75, 3.05) is 5.32 Å². The average Bonchev–Trinajstić information content (AvgIpc) is 2.26. The second-order valence-corrected chi connectivity index (χ2v) is 3.44. The average molecular weight is 225 g/mol. The van der Waals surface area contributed by atoms with Crippen LogP contribution in [0.15, 0.2) is 17.2 Å². The summed E-state index contributed by atoms with van der Waals surface area (Å²) >= 11 is 0. The Morgan fingerprint density at radius 3 is 3.00 bits per heavy atom. The lowest BCUT2D eigenvalue weighted by Crippen LogP contribution is -2.32. The first kappa shape index (κ1) is 12.2. The minimum atomic E-state index is -0.974. The molecule has 0 aliphatic rings. The normalized spacial score (nSPS) is 12.1. The topological polar surface area (TPSA) is 95.1 Å². The minimum absolute atomic E-state index is 0.0472. The van der Waals surface area contributed by atoms with Crippen molar-refractivity contribution in [3.63, 3.8) is 0 Å². The molecule has 1 rings (SSSR count). The van der Waals surface area contributed by atoms with E-state index in [0.29, 0.717) is 6.42 Å². The number of carboxylic acid groups (broad SMARTS) is 1. The molecule has 0 fully saturated rings. The summed E-state index contributed by atoms with van der Waals surface area (Å²) in [7, 11) is 0. The molecule has 1 atom stereocenters. The van der Waals surface area contributed by atoms with Gasteiger partial charge in [-0.2, -0.15) is 0 Å². The van der Waals surface area contributed by atoms with Crippen LogP contribution in [0.4, 0.5) is 5.82 Å². The number of nitrogens with one attached hydrogen (secondary N) is 2. The Hall–Kier alpha value is -1.85. The number of carboxylic acids is 1. The van der Waals surface area contributed by atoms with Crippen LogP contribution in [0, 0.1) is 0 Å². The van der Waals surface area contributed by atoms with E-state index in [9.17, 15) is 9.59 Å². The quantitative estimate of drug-likeness (QED) is 0.666. The molecule has 0 aliphatic carbocycles. The third-order valence-electron chi connectivity index (χ3n) is 2.16. The Kier molecular flexibility index (Phi) is 4.50. The predicted octanol–water partition coefficient (Wildman–Crippen LogP) is 0.825. The standard InChI is InChI=1S/C10H15N3O3/c1-2-3-4-7(10(15)16)13-8-9(14)12-6-5-11-8/h5-7H,2-4H2,1H3,(H,11,13)(H,12,14)(H,15,16). The highest BCUT2D eigenvalue weighted by Gasteiger charge is 2.17. The largest absolute Gasteiger partial charge is 0.480 e. The van der Waals surface area contributed by atoms with E-state index in [1.165, 1.54) is 12.4 Å². The summed E-state index contributed by atoms with van der Waals surface area (Å²) in [6.45, 7) is 1.98. The zero-order valence-corrected chi connectivity index (χ0v) is 9.06. The first-order valence-corrected chi connectivity index (χ1v) is 5.18. The molecule has 6 heteroatoms. The van der Waals surface area contributed by atoms with E-state index in [2.05, 4.69) is 15.3 Å². The summed E-state index contributed by atoms with van der Waals surface area (Å²) < 4.78 is 0. The maximum atomic E-state index is 11.3. The molecule has 88 valence electrons. The second-order valence-electron chi connectivity index (χ2n) is 3.44. The number of rotatable bonds is 6. The van der Waals surface area contributed by atoms with Crippen LogP contribution in [-0.4, -0.2) is 27.1 Å². The van der Waals surface area contributed by atoms with Crippen LogP contribution in [0.3, 0.4) is 0 Å². The van der Waals surface area contributed by atoms with Crippen LogP contribution in [0.5, 0.6) is 0 Å². The number of hydrogen-bond donors (Lipinski definition) is 3. The molecule has 6 nitrogen and oxygen atoms in total. The molecule has 0 aliphatic heterocycles. The molecule has 0 radical (unpaired) electrons. The van der Waals surface area contributed by atoms with Gasteiger partial charge in [-0.1, -0.05) is 19.8 Å². The van der Waals surface area contributed by atoms with Crippen molar-refractivity contribution in [2.24, 2.45) is 0 Å². The lowest BCUT2D eigenvalue weighted by molar-refractivity contribution is -0.138. The highest BCUT2D eigenvalue weighted by atomic mass is 16.4. The molecule has 16 heavy (non-hydrogen) atoms. The van der Waals surface area contributed by atoms with Crippen molar-refractivity contribution in [3.05, 3.63) is 22.7 Å². The van der Waals surface area contributed by atoms with Gasteiger partial charge in [0.15, 0.2) is 5.82 Å². The van der Waals surface area contributed by atoms with Gasteiger partial charge < -0.3 is 15.4 Å². The van der Waals surface area contributed by atoms with Crippen molar-refractivity contribution in [1.29, 1.82) is 0 Å². The Bertz CT molecular complexity index is 402. The van der Waals surface area contributed by atoms with Crippen molar-refractivity contribution < 1.29 is 9.90 Å². The van der Waals surface area contributed by atoms with Crippen LogP contribution in [0.1, 0.15) is 26.2 Å². The summed E-state index contributed by atoms with van der Waals surface area (Å²) in [5.74, 6) is -0.926. The molecule has 0 aromatic carbocycles. The summed E-state index contributed by atoms with van der Waals surface area (Å²) in [6, 6.07) is -0.768. The molecule has 3 N–H and O–H groups in total. The van der Waals surface area contributed by atoms with Gasteiger partial charge in [0, 0.05) is 12.4 Å². The third-order valence-corrected chi connectivity index (χ3v) is 2.16. The molecule has 0 amide bonds. The van der Waals surface area contributed by atoms with E-state index in [-0.39, 0.29) is 5.82 Å². The molecule has 1 heterocycles. The Balaban J connectivity index is 2.72. The van der Waals surface area contributed by atoms with Crippen LogP contribution < -0.4 is 10.9 Å². The summed E-state index contributed by atoms with van der Waals surface area (Å²) in [5.41, 5.74) is -0.412. The van der Waals surface area contributed by atoms with Crippen LogP contribution in [-0.2, 0) is 4.79 Å². The molecular weight excluding hydrogens is 210 g/mol. The maximum absolute atomic E-state index is 11.3. The first-order chi connectivity index (χ1) is 7.65. The lowest BCUT2D eigenvalue weighted by Gasteiger charge is -2.13. The van der Waals surface area contributed by atoms with Crippen molar-refractivity contribution in [1.82, 2.24) is 9.97 Å². The summed E-state index contributed by atoms with van der Waals surface area (Å²) in [5, 5.41) is 11.6. The number of aromatic amines is 1. The van der Waals surface area contributed by atoms with Crippen LogP contribution in [0.2, 0.25) is 0 Å². The molecule has 0 saturated heterocycles. The Morgan fingerprint density at radius 2 is 2.44 bits per heavy atom. The van der Waals surface area contributed by atoms with E-state index < -0.39 is 17.6 Å². The van der Waals surface area contributed by atoms with Gasteiger partial charge in [-0.15, -0.1) is 0 Å². The molecular formula is C10H15N3O3. The Labute approximate surface area is 92.7 Å². The fourth-order valence-electron chi connectivity index (χ4n) is 1.29. The van der Waals surface area contributed by atoms with Crippen molar-refractivity contribution >= 4 is 11.8 Å². The van der Waals surface area contributed by atoms with Gasteiger partial charge >= 0.3 is 5.97 Å². The monoisotopic (exact) mass is 225 g/mol. The van der Waals surface area contributed by atoms with Crippen molar-refractivity contribution in [3.8, 4) is 0 Å². The van der Waals surface area contributed by atoms with Gasteiger partial charge in [0.1, 0.15) is 6.04 Å². The highest BCUT2D eigenvalue weighted by Crippen LogP contribution is 2.05. The van der Waals surface area contributed by atoms with Gasteiger partial charge in [-0.05, 0) is 6.42 Å². The molecule has 1 unspecified atom stereocenters. The second kappa shape index (κ2) is 5.89. The SMILES string of the molecule is CCCCC(Nc1ncc[nH]c1=O)C(=O)O. The van der Waals surface area contributed by atoms with Crippen molar-refractivity contribution in [2.45, 2.75) is 32.2 Å². The zero-order valence-electron chi connectivity index (χ0n) is 9.06. The van der Waals surface area contributed by atoms with Gasteiger partial charge in [-0.25, -0.2) is 9.78 Å². The number of hydrogen-bond acceptors (Lipinski definition) is 4. The number of aliphatic carboxylic acids is 1. The van der Waals surface area contributed by atoms with Crippen LogP contribution >= 0.6 is 0 Å². The van der Waals surface area contributed by atoms with Crippen LogP contribution in [0.25, 0.3) is 0 Å². The molecule has 0 bridgehead atoms. The summed E-state index contributed by atoms with van der Waals surface area (Å²) in [6.07, 6.45) is 4.97. The minimum Gasteiger partial charge on any atom is -0.480 e. The van der Waals surface area contributed by atoms with E-state index in [1.54, 1.807) is 0 Å². The predicted molar refractivity (Wildman–Crippen MR) is 59.4 cm³/mol.